The maximum absolute atomic E-state index is 13.4. The summed E-state index contributed by atoms with van der Waals surface area (Å²) in [4.78, 5) is 16.0. The molecule has 3 rings (SSSR count). The van der Waals surface area contributed by atoms with Crippen LogP contribution in [-0.4, -0.2) is 10.8 Å². The molecule has 3 nitrogen and oxygen atoms in total. The molecule has 0 saturated heterocycles. The van der Waals surface area contributed by atoms with Crippen molar-refractivity contribution in [2.75, 3.05) is 0 Å². The van der Waals surface area contributed by atoms with E-state index < -0.39 is 5.82 Å². The zero-order valence-electron chi connectivity index (χ0n) is 9.26. The van der Waals surface area contributed by atoms with Crippen molar-refractivity contribution in [3.8, 4) is 0 Å². The predicted octanol–water partition coefficient (Wildman–Crippen LogP) is 3.20. The van der Waals surface area contributed by atoms with Crippen LogP contribution in [-0.2, 0) is 0 Å². The first-order valence-electron chi connectivity index (χ1n) is 5.39. The lowest BCUT2D eigenvalue weighted by molar-refractivity contribution is 0.101. The zero-order chi connectivity index (χ0) is 12.5. The lowest BCUT2D eigenvalue weighted by Crippen LogP contribution is -2.01. The van der Waals surface area contributed by atoms with Gasteiger partial charge in [0.05, 0.1) is 0 Å². The van der Waals surface area contributed by atoms with Gasteiger partial charge in [0.2, 0.25) is 5.78 Å². The van der Waals surface area contributed by atoms with Crippen LogP contribution in [0.4, 0.5) is 4.39 Å². The highest BCUT2D eigenvalue weighted by molar-refractivity contribution is 6.07. The van der Waals surface area contributed by atoms with Crippen LogP contribution in [0.5, 0.6) is 0 Å². The SMILES string of the molecule is O=C(c1ccccn1)c1cc2cccc(F)c2o1. The van der Waals surface area contributed by atoms with Gasteiger partial charge < -0.3 is 4.42 Å². The molecule has 0 saturated carbocycles. The smallest absolute Gasteiger partial charge is 0.246 e. The minimum Gasteiger partial charge on any atom is -0.449 e. The Morgan fingerprint density at radius 3 is 2.78 bits per heavy atom. The molecule has 0 amide bonds. The second-order valence-electron chi connectivity index (χ2n) is 3.81. The number of pyridine rings is 1. The Kier molecular flexibility index (Phi) is 2.41. The second kappa shape index (κ2) is 4.07. The van der Waals surface area contributed by atoms with Gasteiger partial charge in [-0.2, -0.15) is 0 Å². The van der Waals surface area contributed by atoms with Gasteiger partial charge in [-0.25, -0.2) is 4.39 Å². The van der Waals surface area contributed by atoms with E-state index in [9.17, 15) is 9.18 Å². The van der Waals surface area contributed by atoms with Gasteiger partial charge in [0, 0.05) is 11.6 Å². The van der Waals surface area contributed by atoms with Crippen molar-refractivity contribution < 1.29 is 13.6 Å². The molecule has 0 radical (unpaired) electrons. The van der Waals surface area contributed by atoms with Crippen LogP contribution in [0.2, 0.25) is 0 Å². The van der Waals surface area contributed by atoms with Crippen molar-refractivity contribution in [3.05, 3.63) is 65.9 Å². The molecule has 2 aromatic heterocycles. The monoisotopic (exact) mass is 241 g/mol. The molecule has 0 unspecified atom stereocenters. The number of para-hydroxylation sites is 1. The number of furan rings is 1. The zero-order valence-corrected chi connectivity index (χ0v) is 9.26. The molecule has 88 valence electrons. The first-order chi connectivity index (χ1) is 8.75. The summed E-state index contributed by atoms with van der Waals surface area (Å²) in [6.07, 6.45) is 1.52. The fourth-order valence-corrected chi connectivity index (χ4v) is 1.76. The average Bonchev–Trinajstić information content (AvgIpc) is 2.84. The Morgan fingerprint density at radius 2 is 2.06 bits per heavy atom. The molecule has 4 heteroatoms. The van der Waals surface area contributed by atoms with E-state index >= 15 is 0 Å². The summed E-state index contributed by atoms with van der Waals surface area (Å²) in [6.45, 7) is 0. The van der Waals surface area contributed by atoms with Crippen molar-refractivity contribution in [1.82, 2.24) is 4.98 Å². The summed E-state index contributed by atoms with van der Waals surface area (Å²) in [5.74, 6) is -0.743. The third-order valence-electron chi connectivity index (χ3n) is 2.62. The Morgan fingerprint density at radius 1 is 1.17 bits per heavy atom. The molecule has 0 spiro atoms. The topological polar surface area (TPSA) is 43.1 Å². The summed E-state index contributed by atoms with van der Waals surface area (Å²) >= 11 is 0. The number of carbonyl (C=O) groups is 1. The van der Waals surface area contributed by atoms with Gasteiger partial charge in [0.1, 0.15) is 5.69 Å². The van der Waals surface area contributed by atoms with E-state index in [0.29, 0.717) is 5.39 Å². The van der Waals surface area contributed by atoms with Gasteiger partial charge in [0.15, 0.2) is 17.2 Å². The molecule has 0 atom stereocenters. The molecule has 0 aliphatic heterocycles. The number of ketones is 1. The number of carbonyl (C=O) groups excluding carboxylic acids is 1. The summed E-state index contributed by atoms with van der Waals surface area (Å²) in [7, 11) is 0. The summed E-state index contributed by atoms with van der Waals surface area (Å²) in [5, 5.41) is 0.564. The lowest BCUT2D eigenvalue weighted by Gasteiger charge is -1.94. The molecule has 18 heavy (non-hydrogen) atoms. The fraction of sp³-hybridized carbons (Fsp3) is 0. The van der Waals surface area contributed by atoms with Crippen molar-refractivity contribution >= 4 is 16.8 Å². The molecular weight excluding hydrogens is 233 g/mol. The van der Waals surface area contributed by atoms with Gasteiger partial charge in [-0.05, 0) is 24.3 Å². The minimum atomic E-state index is -0.479. The number of benzene rings is 1. The van der Waals surface area contributed by atoms with Crippen LogP contribution in [0.1, 0.15) is 16.2 Å². The highest BCUT2D eigenvalue weighted by atomic mass is 19.1. The van der Waals surface area contributed by atoms with Gasteiger partial charge in [-0.15, -0.1) is 0 Å². The summed E-state index contributed by atoms with van der Waals surface area (Å²) < 4.78 is 18.7. The van der Waals surface area contributed by atoms with Gasteiger partial charge in [0.25, 0.3) is 0 Å². The molecule has 0 fully saturated rings. The van der Waals surface area contributed by atoms with Gasteiger partial charge >= 0.3 is 0 Å². The van der Waals surface area contributed by atoms with Crippen LogP contribution in [0.25, 0.3) is 11.0 Å². The molecule has 0 aliphatic carbocycles. The van der Waals surface area contributed by atoms with E-state index in [2.05, 4.69) is 4.98 Å². The lowest BCUT2D eigenvalue weighted by atomic mass is 10.2. The number of halogens is 1. The fourth-order valence-electron chi connectivity index (χ4n) is 1.76. The van der Waals surface area contributed by atoms with Gasteiger partial charge in [-0.3, -0.25) is 9.78 Å². The maximum atomic E-state index is 13.4. The quantitative estimate of drug-likeness (QED) is 0.647. The third kappa shape index (κ3) is 1.68. The highest BCUT2D eigenvalue weighted by Gasteiger charge is 2.16. The van der Waals surface area contributed by atoms with Crippen molar-refractivity contribution in [3.63, 3.8) is 0 Å². The molecule has 0 bridgehead atoms. The van der Waals surface area contributed by atoms with Crippen molar-refractivity contribution in [2.45, 2.75) is 0 Å². The van der Waals surface area contributed by atoms with Crippen LogP contribution in [0.3, 0.4) is 0 Å². The minimum absolute atomic E-state index is 0.0915. The first-order valence-corrected chi connectivity index (χ1v) is 5.39. The van der Waals surface area contributed by atoms with E-state index in [4.69, 9.17) is 4.42 Å². The summed E-state index contributed by atoms with van der Waals surface area (Å²) in [6, 6.07) is 11.1. The van der Waals surface area contributed by atoms with Gasteiger partial charge in [-0.1, -0.05) is 18.2 Å². The molecule has 0 N–H and O–H groups in total. The third-order valence-corrected chi connectivity index (χ3v) is 2.62. The number of hydrogen-bond acceptors (Lipinski definition) is 3. The Labute approximate surface area is 102 Å². The number of rotatable bonds is 2. The number of fused-ring (bicyclic) bond motifs is 1. The maximum Gasteiger partial charge on any atom is 0.246 e. The molecule has 3 aromatic rings. The Hall–Kier alpha value is -2.49. The first kappa shape index (κ1) is 10.7. The van der Waals surface area contributed by atoms with Crippen LogP contribution in [0.15, 0.2) is 53.1 Å². The Balaban J connectivity index is 2.10. The molecule has 0 aliphatic rings. The van der Waals surface area contributed by atoms with Crippen LogP contribution >= 0.6 is 0 Å². The molecule has 2 heterocycles. The second-order valence-corrected chi connectivity index (χ2v) is 3.81. The largest absolute Gasteiger partial charge is 0.449 e. The van der Waals surface area contributed by atoms with E-state index in [1.807, 2.05) is 0 Å². The normalized spacial score (nSPS) is 10.7. The van der Waals surface area contributed by atoms with E-state index in [0.717, 1.165) is 0 Å². The van der Waals surface area contributed by atoms with E-state index in [-0.39, 0.29) is 22.8 Å². The number of aromatic nitrogens is 1. The van der Waals surface area contributed by atoms with Crippen molar-refractivity contribution in [1.29, 1.82) is 0 Å². The molecule has 1 aromatic carbocycles. The average molecular weight is 241 g/mol. The van der Waals surface area contributed by atoms with E-state index in [1.54, 1.807) is 30.3 Å². The van der Waals surface area contributed by atoms with Crippen LogP contribution < -0.4 is 0 Å². The Bertz CT molecular complexity index is 719. The molecular formula is C14H8FNO2. The number of nitrogens with zero attached hydrogens (tertiary/aromatic N) is 1. The highest BCUT2D eigenvalue weighted by Crippen LogP contribution is 2.23. The van der Waals surface area contributed by atoms with E-state index in [1.165, 1.54) is 18.3 Å². The van der Waals surface area contributed by atoms with Crippen LogP contribution in [0, 0.1) is 5.82 Å². The van der Waals surface area contributed by atoms with Crippen molar-refractivity contribution in [2.24, 2.45) is 0 Å². The number of hydrogen-bond donors (Lipinski definition) is 0. The summed E-state index contributed by atoms with van der Waals surface area (Å²) in [5.41, 5.74) is 0.369. The predicted molar refractivity (Wildman–Crippen MR) is 63.8 cm³/mol. The standard InChI is InChI=1S/C14H8FNO2/c15-10-5-3-4-9-8-12(18-14(9)10)13(17)11-6-1-2-7-16-11/h1-8H.